The molecule has 112 valence electrons. The lowest BCUT2D eigenvalue weighted by molar-refractivity contribution is 0.632. The van der Waals surface area contributed by atoms with Gasteiger partial charge in [0.1, 0.15) is 11.6 Å². The Kier molecular flexibility index (Phi) is 5.52. The van der Waals surface area contributed by atoms with E-state index in [1.807, 2.05) is 6.26 Å². The van der Waals surface area contributed by atoms with Crippen molar-refractivity contribution in [1.82, 2.24) is 9.97 Å². The molecule has 1 saturated carbocycles. The zero-order chi connectivity index (χ0) is 14.5. The second kappa shape index (κ2) is 7.16. The van der Waals surface area contributed by atoms with Gasteiger partial charge in [0.25, 0.3) is 0 Å². The molecule has 0 amide bonds. The third-order valence-corrected chi connectivity index (χ3v) is 4.05. The van der Waals surface area contributed by atoms with E-state index in [-0.39, 0.29) is 0 Å². The van der Waals surface area contributed by atoms with Crippen molar-refractivity contribution in [3.05, 3.63) is 6.07 Å². The fourth-order valence-corrected chi connectivity index (χ4v) is 2.52. The first kappa shape index (κ1) is 15.4. The van der Waals surface area contributed by atoms with Crippen LogP contribution in [0.25, 0.3) is 0 Å². The van der Waals surface area contributed by atoms with Crippen LogP contribution >= 0.6 is 11.8 Å². The third kappa shape index (κ3) is 4.27. The van der Waals surface area contributed by atoms with Crippen molar-refractivity contribution < 1.29 is 0 Å². The lowest BCUT2D eigenvalue weighted by Gasteiger charge is -2.28. The number of rotatable bonds is 8. The molecule has 0 atom stereocenters. The summed E-state index contributed by atoms with van der Waals surface area (Å²) in [6.45, 7) is 8.72. The summed E-state index contributed by atoms with van der Waals surface area (Å²) in [7, 11) is 0. The minimum atomic E-state index is 0.472. The Hall–Kier alpha value is -0.970. The lowest BCUT2D eigenvalue weighted by atomic mass is 10.2. The van der Waals surface area contributed by atoms with Crippen LogP contribution < -0.4 is 10.2 Å². The Balaban J connectivity index is 2.21. The predicted molar refractivity (Wildman–Crippen MR) is 87.8 cm³/mol. The molecule has 2 rings (SSSR count). The SMILES string of the molecule is CCCNc1cc(N(CC2CC2)C(C)C)nc(SC)n1. The van der Waals surface area contributed by atoms with Crippen LogP contribution in [-0.4, -0.2) is 35.4 Å². The maximum atomic E-state index is 4.70. The van der Waals surface area contributed by atoms with E-state index in [1.165, 1.54) is 12.8 Å². The van der Waals surface area contributed by atoms with Crippen molar-refractivity contribution in [1.29, 1.82) is 0 Å². The first-order valence-electron chi connectivity index (χ1n) is 7.57. The second-order valence-electron chi connectivity index (χ2n) is 5.71. The maximum Gasteiger partial charge on any atom is 0.191 e. The highest BCUT2D eigenvalue weighted by molar-refractivity contribution is 7.98. The molecule has 1 N–H and O–H groups in total. The zero-order valence-electron chi connectivity index (χ0n) is 13.0. The normalized spacial score (nSPS) is 14.7. The highest BCUT2D eigenvalue weighted by Crippen LogP contribution is 2.32. The topological polar surface area (TPSA) is 41.0 Å². The lowest BCUT2D eigenvalue weighted by Crippen LogP contribution is -2.33. The van der Waals surface area contributed by atoms with Crippen molar-refractivity contribution in [2.24, 2.45) is 5.92 Å². The molecular formula is C15H26N4S. The number of thioether (sulfide) groups is 1. The Morgan fingerprint density at radius 1 is 1.40 bits per heavy atom. The van der Waals surface area contributed by atoms with Crippen LogP contribution in [0.4, 0.5) is 11.6 Å². The van der Waals surface area contributed by atoms with Crippen LogP contribution in [0.2, 0.25) is 0 Å². The summed E-state index contributed by atoms with van der Waals surface area (Å²) < 4.78 is 0. The summed E-state index contributed by atoms with van der Waals surface area (Å²) in [5, 5.41) is 4.23. The van der Waals surface area contributed by atoms with Gasteiger partial charge in [0.15, 0.2) is 5.16 Å². The van der Waals surface area contributed by atoms with E-state index in [0.29, 0.717) is 6.04 Å². The van der Waals surface area contributed by atoms with Gasteiger partial charge in [0.05, 0.1) is 0 Å². The van der Waals surface area contributed by atoms with Gasteiger partial charge in [-0.05, 0) is 45.3 Å². The second-order valence-corrected chi connectivity index (χ2v) is 6.49. The maximum absolute atomic E-state index is 4.70. The van der Waals surface area contributed by atoms with Gasteiger partial charge in [0, 0.05) is 25.2 Å². The standard InChI is InChI=1S/C15H26N4S/c1-5-8-16-13-9-14(18-15(17-13)20-4)19(11(2)3)10-12-6-7-12/h9,11-12H,5-8,10H2,1-4H3,(H,16,17,18). The summed E-state index contributed by atoms with van der Waals surface area (Å²) in [5.41, 5.74) is 0. The van der Waals surface area contributed by atoms with E-state index in [2.05, 4.69) is 42.0 Å². The average Bonchev–Trinajstić information content (AvgIpc) is 3.25. The van der Waals surface area contributed by atoms with Crippen molar-refractivity contribution >= 4 is 23.4 Å². The molecule has 0 unspecified atom stereocenters. The van der Waals surface area contributed by atoms with E-state index in [9.17, 15) is 0 Å². The molecule has 1 aliphatic rings. The minimum absolute atomic E-state index is 0.472. The van der Waals surface area contributed by atoms with Gasteiger partial charge in [0.2, 0.25) is 0 Å². The predicted octanol–water partition coefficient (Wildman–Crippen LogP) is 3.65. The van der Waals surface area contributed by atoms with E-state index < -0.39 is 0 Å². The fraction of sp³-hybridized carbons (Fsp3) is 0.733. The molecule has 0 aromatic carbocycles. The Bertz CT molecular complexity index is 432. The molecule has 4 nitrogen and oxygen atoms in total. The number of aromatic nitrogens is 2. The monoisotopic (exact) mass is 294 g/mol. The number of hydrogen-bond donors (Lipinski definition) is 1. The highest BCUT2D eigenvalue weighted by atomic mass is 32.2. The van der Waals surface area contributed by atoms with E-state index in [1.54, 1.807) is 11.8 Å². The quantitative estimate of drug-likeness (QED) is 0.585. The molecule has 0 bridgehead atoms. The van der Waals surface area contributed by atoms with Crippen LogP contribution in [0.1, 0.15) is 40.0 Å². The van der Waals surface area contributed by atoms with Gasteiger partial charge in [-0.1, -0.05) is 18.7 Å². The minimum Gasteiger partial charge on any atom is -0.370 e. The van der Waals surface area contributed by atoms with E-state index in [0.717, 1.165) is 42.2 Å². The highest BCUT2D eigenvalue weighted by Gasteiger charge is 2.26. The van der Waals surface area contributed by atoms with Crippen LogP contribution in [0.15, 0.2) is 11.2 Å². The molecule has 0 radical (unpaired) electrons. The average molecular weight is 294 g/mol. The molecule has 20 heavy (non-hydrogen) atoms. The number of anilines is 2. The first-order valence-corrected chi connectivity index (χ1v) is 8.80. The van der Waals surface area contributed by atoms with E-state index in [4.69, 9.17) is 4.98 Å². The number of hydrogen-bond acceptors (Lipinski definition) is 5. The molecule has 0 spiro atoms. The number of nitrogens with zero attached hydrogens (tertiary/aromatic N) is 3. The smallest absolute Gasteiger partial charge is 0.191 e. The van der Waals surface area contributed by atoms with Crippen molar-refractivity contribution in [3.8, 4) is 0 Å². The zero-order valence-corrected chi connectivity index (χ0v) is 13.8. The van der Waals surface area contributed by atoms with Crippen LogP contribution in [0.3, 0.4) is 0 Å². The largest absolute Gasteiger partial charge is 0.370 e. The molecule has 1 aromatic rings. The number of nitrogens with one attached hydrogen (secondary N) is 1. The van der Waals surface area contributed by atoms with Crippen molar-refractivity contribution in [3.63, 3.8) is 0 Å². The van der Waals surface area contributed by atoms with Crippen LogP contribution in [0, 0.1) is 5.92 Å². The fourth-order valence-electron chi connectivity index (χ4n) is 2.14. The van der Waals surface area contributed by atoms with E-state index >= 15 is 0 Å². The van der Waals surface area contributed by atoms with Gasteiger partial charge < -0.3 is 10.2 Å². The van der Waals surface area contributed by atoms with Gasteiger partial charge >= 0.3 is 0 Å². The summed E-state index contributed by atoms with van der Waals surface area (Å²) in [4.78, 5) is 11.7. The molecule has 1 fully saturated rings. The summed E-state index contributed by atoms with van der Waals surface area (Å²) in [5.74, 6) is 2.87. The van der Waals surface area contributed by atoms with Gasteiger partial charge in [-0.2, -0.15) is 0 Å². The molecule has 1 aromatic heterocycles. The van der Waals surface area contributed by atoms with Gasteiger partial charge in [-0.25, -0.2) is 9.97 Å². The van der Waals surface area contributed by atoms with Crippen LogP contribution in [0.5, 0.6) is 0 Å². The third-order valence-electron chi connectivity index (χ3n) is 3.50. The summed E-state index contributed by atoms with van der Waals surface area (Å²) in [6.07, 6.45) is 5.86. The van der Waals surface area contributed by atoms with Gasteiger partial charge in [-0.15, -0.1) is 0 Å². The van der Waals surface area contributed by atoms with Crippen molar-refractivity contribution in [2.45, 2.75) is 51.2 Å². The van der Waals surface area contributed by atoms with Gasteiger partial charge in [-0.3, -0.25) is 0 Å². The molecule has 1 heterocycles. The first-order chi connectivity index (χ1) is 9.63. The molecule has 1 aliphatic carbocycles. The summed E-state index contributed by atoms with van der Waals surface area (Å²) in [6, 6.07) is 2.57. The van der Waals surface area contributed by atoms with Crippen LogP contribution in [-0.2, 0) is 0 Å². The molecular weight excluding hydrogens is 268 g/mol. The molecule has 0 saturated heterocycles. The Labute approximate surface area is 126 Å². The molecule has 5 heteroatoms. The Morgan fingerprint density at radius 3 is 2.70 bits per heavy atom. The summed E-state index contributed by atoms with van der Waals surface area (Å²) >= 11 is 1.61. The van der Waals surface area contributed by atoms with Crippen molar-refractivity contribution in [2.75, 3.05) is 29.6 Å². The Morgan fingerprint density at radius 2 is 2.15 bits per heavy atom. The molecule has 0 aliphatic heterocycles.